The Morgan fingerprint density at radius 2 is 1.46 bits per heavy atom. The van der Waals surface area contributed by atoms with Gasteiger partial charge in [0.05, 0.1) is 11.3 Å². The van der Waals surface area contributed by atoms with E-state index in [1.807, 2.05) is 12.1 Å². The van der Waals surface area contributed by atoms with Gasteiger partial charge < -0.3 is 10.0 Å². The van der Waals surface area contributed by atoms with Crippen LogP contribution in [0.15, 0.2) is 54.3 Å². The molecule has 0 bridgehead atoms. The molecule has 2 heterocycles. The fourth-order valence-electron chi connectivity index (χ4n) is 3.71. The Balaban J connectivity index is 1.57. The highest BCUT2D eigenvalue weighted by Crippen LogP contribution is 2.33. The van der Waals surface area contributed by atoms with Gasteiger partial charge in [-0.2, -0.15) is 0 Å². The van der Waals surface area contributed by atoms with E-state index in [1.165, 1.54) is 24.3 Å². The number of hydrogen-bond donors (Lipinski definition) is 1. The monoisotopic (exact) mass is 380 g/mol. The van der Waals surface area contributed by atoms with E-state index in [4.69, 9.17) is 0 Å². The molecule has 5 nitrogen and oxygen atoms in total. The van der Waals surface area contributed by atoms with Crippen LogP contribution in [0.5, 0.6) is 0 Å². The van der Waals surface area contributed by atoms with Crippen LogP contribution in [-0.2, 0) is 9.59 Å². The van der Waals surface area contributed by atoms with Gasteiger partial charge in [-0.25, -0.2) is 9.29 Å². The maximum atomic E-state index is 13.2. The highest BCUT2D eigenvalue weighted by molar-refractivity contribution is 6.44. The Morgan fingerprint density at radius 3 is 2.07 bits per heavy atom. The molecule has 0 atom stereocenters. The summed E-state index contributed by atoms with van der Waals surface area (Å²) in [5.41, 5.74) is 1.64. The Kier molecular flexibility index (Phi) is 4.63. The smallest absolute Gasteiger partial charge is 0.301 e. The van der Waals surface area contributed by atoms with Crippen molar-refractivity contribution in [2.24, 2.45) is 5.92 Å². The second-order valence-corrected chi connectivity index (χ2v) is 7.36. The van der Waals surface area contributed by atoms with E-state index in [9.17, 15) is 19.1 Å². The van der Waals surface area contributed by atoms with Gasteiger partial charge in [-0.1, -0.05) is 19.1 Å². The largest absolute Gasteiger partial charge is 0.502 e. The number of amides is 2. The molecule has 0 radical (unpaired) electrons. The van der Waals surface area contributed by atoms with E-state index < -0.39 is 23.4 Å². The van der Waals surface area contributed by atoms with Gasteiger partial charge in [-0.05, 0) is 60.7 Å². The number of carbonyl (C=O) groups excluding carboxylic acids is 2. The van der Waals surface area contributed by atoms with Crippen LogP contribution < -0.4 is 9.80 Å². The predicted octanol–water partition coefficient (Wildman–Crippen LogP) is 3.90. The molecule has 1 fully saturated rings. The number of anilines is 2. The molecule has 0 aliphatic carbocycles. The minimum atomic E-state index is -0.774. The van der Waals surface area contributed by atoms with Gasteiger partial charge in [-0.15, -0.1) is 0 Å². The third-order valence-electron chi connectivity index (χ3n) is 5.45. The van der Waals surface area contributed by atoms with Crippen molar-refractivity contribution in [2.75, 3.05) is 22.9 Å². The van der Waals surface area contributed by atoms with Crippen LogP contribution in [0.2, 0.25) is 0 Å². The first-order chi connectivity index (χ1) is 13.5. The molecule has 0 unspecified atom stereocenters. The van der Waals surface area contributed by atoms with Gasteiger partial charge in [0.2, 0.25) is 0 Å². The average molecular weight is 380 g/mol. The molecule has 2 aromatic carbocycles. The second-order valence-electron chi connectivity index (χ2n) is 7.36. The van der Waals surface area contributed by atoms with Gasteiger partial charge in [0.1, 0.15) is 5.82 Å². The van der Waals surface area contributed by atoms with E-state index in [-0.39, 0.29) is 5.57 Å². The number of rotatable bonds is 3. The molecular formula is C22H21FN2O3. The van der Waals surface area contributed by atoms with Gasteiger partial charge in [0.25, 0.3) is 5.91 Å². The Hall–Kier alpha value is -3.15. The standard InChI is InChI=1S/C22H21FN2O3/c1-14-10-12-24(13-11-14)17-6-8-18(9-7-17)25-21(27)19(20(26)22(25)28)15-2-4-16(23)5-3-15/h2-9,14,26H,10-13H2,1H3. The quantitative estimate of drug-likeness (QED) is 0.821. The minimum Gasteiger partial charge on any atom is -0.502 e. The molecule has 0 saturated carbocycles. The molecule has 0 aromatic heterocycles. The molecule has 2 amide bonds. The zero-order valence-electron chi connectivity index (χ0n) is 15.6. The first-order valence-electron chi connectivity index (χ1n) is 9.38. The Bertz CT molecular complexity index is 943. The normalized spacial score (nSPS) is 18.4. The van der Waals surface area contributed by atoms with Gasteiger partial charge in [-0.3, -0.25) is 9.59 Å². The molecule has 2 aliphatic rings. The van der Waals surface area contributed by atoms with Crippen LogP contribution in [0.25, 0.3) is 5.57 Å². The van der Waals surface area contributed by atoms with Crippen LogP contribution in [0.1, 0.15) is 25.3 Å². The number of hydrogen-bond acceptors (Lipinski definition) is 4. The summed E-state index contributed by atoms with van der Waals surface area (Å²) in [5, 5.41) is 10.2. The lowest BCUT2D eigenvalue weighted by molar-refractivity contribution is -0.121. The average Bonchev–Trinajstić information content (AvgIpc) is 2.92. The summed E-state index contributed by atoms with van der Waals surface area (Å²) in [6.45, 7) is 4.22. The summed E-state index contributed by atoms with van der Waals surface area (Å²) in [7, 11) is 0. The molecule has 28 heavy (non-hydrogen) atoms. The number of benzene rings is 2. The van der Waals surface area contributed by atoms with E-state index in [0.717, 1.165) is 42.4 Å². The summed E-state index contributed by atoms with van der Waals surface area (Å²) < 4.78 is 13.2. The van der Waals surface area contributed by atoms with Crippen LogP contribution in [-0.4, -0.2) is 30.0 Å². The van der Waals surface area contributed by atoms with E-state index >= 15 is 0 Å². The van der Waals surface area contributed by atoms with Crippen LogP contribution in [0, 0.1) is 11.7 Å². The SMILES string of the molecule is CC1CCN(c2ccc(N3C(=O)C(O)=C(c4ccc(F)cc4)C3=O)cc2)CC1. The minimum absolute atomic E-state index is 0.112. The molecule has 2 aliphatic heterocycles. The van der Waals surface area contributed by atoms with Crippen molar-refractivity contribution in [3.8, 4) is 0 Å². The highest BCUT2D eigenvalue weighted by atomic mass is 19.1. The number of imide groups is 1. The van der Waals surface area contributed by atoms with Gasteiger partial charge >= 0.3 is 5.91 Å². The van der Waals surface area contributed by atoms with E-state index in [2.05, 4.69) is 11.8 Å². The van der Waals surface area contributed by atoms with Crippen molar-refractivity contribution in [3.05, 3.63) is 65.7 Å². The van der Waals surface area contributed by atoms with Crippen molar-refractivity contribution >= 4 is 28.8 Å². The van der Waals surface area contributed by atoms with E-state index in [1.54, 1.807) is 12.1 Å². The lowest BCUT2D eigenvalue weighted by atomic mass is 9.99. The molecule has 2 aromatic rings. The van der Waals surface area contributed by atoms with Crippen LogP contribution >= 0.6 is 0 Å². The first-order valence-corrected chi connectivity index (χ1v) is 9.38. The fraction of sp³-hybridized carbons (Fsp3) is 0.273. The van der Waals surface area contributed by atoms with Crippen LogP contribution in [0.3, 0.4) is 0 Å². The highest BCUT2D eigenvalue weighted by Gasteiger charge is 2.40. The number of halogens is 1. The molecule has 144 valence electrons. The van der Waals surface area contributed by atoms with Crippen molar-refractivity contribution in [3.63, 3.8) is 0 Å². The molecular weight excluding hydrogens is 359 g/mol. The predicted molar refractivity (Wildman–Crippen MR) is 105 cm³/mol. The maximum absolute atomic E-state index is 13.2. The maximum Gasteiger partial charge on any atom is 0.301 e. The van der Waals surface area contributed by atoms with Gasteiger partial charge in [0, 0.05) is 18.8 Å². The fourth-order valence-corrected chi connectivity index (χ4v) is 3.71. The number of piperidine rings is 1. The molecule has 1 saturated heterocycles. The van der Waals surface area contributed by atoms with Crippen molar-refractivity contribution in [2.45, 2.75) is 19.8 Å². The number of carbonyl (C=O) groups is 2. The summed E-state index contributed by atoms with van der Waals surface area (Å²) >= 11 is 0. The first kappa shape index (κ1) is 18.2. The second kappa shape index (κ2) is 7.11. The summed E-state index contributed by atoms with van der Waals surface area (Å²) in [4.78, 5) is 28.6. The Labute approximate surface area is 162 Å². The lowest BCUT2D eigenvalue weighted by Crippen LogP contribution is -2.33. The number of nitrogens with zero attached hydrogens (tertiary/aromatic N) is 2. The molecule has 6 heteroatoms. The van der Waals surface area contributed by atoms with Crippen molar-refractivity contribution in [1.29, 1.82) is 0 Å². The lowest BCUT2D eigenvalue weighted by Gasteiger charge is -2.32. The third-order valence-corrected chi connectivity index (χ3v) is 5.45. The summed E-state index contributed by atoms with van der Waals surface area (Å²) in [5.74, 6) is -1.74. The summed E-state index contributed by atoms with van der Waals surface area (Å²) in [6.07, 6.45) is 2.29. The molecule has 0 spiro atoms. The number of aliphatic hydroxyl groups excluding tert-OH is 1. The zero-order chi connectivity index (χ0) is 19.8. The van der Waals surface area contributed by atoms with E-state index in [0.29, 0.717) is 11.3 Å². The topological polar surface area (TPSA) is 60.9 Å². The summed E-state index contributed by atoms with van der Waals surface area (Å²) in [6, 6.07) is 12.3. The number of aliphatic hydroxyl groups is 1. The Morgan fingerprint density at radius 1 is 0.893 bits per heavy atom. The molecule has 4 rings (SSSR count). The van der Waals surface area contributed by atoms with Gasteiger partial charge in [0.15, 0.2) is 5.76 Å². The van der Waals surface area contributed by atoms with Crippen molar-refractivity contribution in [1.82, 2.24) is 0 Å². The molecule has 1 N–H and O–H groups in total. The van der Waals surface area contributed by atoms with Crippen LogP contribution in [0.4, 0.5) is 15.8 Å². The zero-order valence-corrected chi connectivity index (χ0v) is 15.6. The van der Waals surface area contributed by atoms with Crippen molar-refractivity contribution < 1.29 is 19.1 Å². The third kappa shape index (κ3) is 3.15.